The predicted molar refractivity (Wildman–Crippen MR) is 146 cm³/mol. The van der Waals surface area contributed by atoms with Gasteiger partial charge < -0.3 is 0 Å². The van der Waals surface area contributed by atoms with E-state index in [2.05, 4.69) is 21.4 Å². The molecule has 0 radical (unpaired) electrons. The number of hydrazone groups is 1. The highest BCUT2D eigenvalue weighted by Crippen LogP contribution is 2.07. The van der Waals surface area contributed by atoms with E-state index in [1.807, 2.05) is 66.7 Å². The number of nitrogens with zero attached hydrogens (tertiary/aromatic N) is 3. The molecular formula is C25H24N6O2S2. The van der Waals surface area contributed by atoms with Gasteiger partial charge in [0.2, 0.25) is 5.71 Å². The molecule has 0 saturated heterocycles. The third-order valence-electron chi connectivity index (χ3n) is 4.69. The van der Waals surface area contributed by atoms with Crippen molar-refractivity contribution in [1.82, 2.24) is 20.9 Å². The molecule has 3 aromatic carbocycles. The van der Waals surface area contributed by atoms with Crippen molar-refractivity contribution in [3.63, 3.8) is 0 Å². The van der Waals surface area contributed by atoms with E-state index in [1.165, 1.54) is 10.0 Å². The summed E-state index contributed by atoms with van der Waals surface area (Å²) >= 11 is 10.9. The van der Waals surface area contributed by atoms with Crippen LogP contribution in [0.2, 0.25) is 0 Å². The Morgan fingerprint density at radius 2 is 1.03 bits per heavy atom. The van der Waals surface area contributed by atoms with Gasteiger partial charge in [-0.3, -0.25) is 35.9 Å². The maximum atomic E-state index is 13.1. The quantitative estimate of drug-likeness (QED) is 0.206. The van der Waals surface area contributed by atoms with Crippen LogP contribution in [0, 0.1) is 0 Å². The van der Waals surface area contributed by atoms with Crippen LogP contribution in [0.5, 0.6) is 0 Å². The third kappa shape index (κ3) is 7.16. The van der Waals surface area contributed by atoms with Crippen molar-refractivity contribution in [3.05, 3.63) is 102 Å². The van der Waals surface area contributed by atoms with Gasteiger partial charge in [0.1, 0.15) is 9.98 Å². The number of hydrogen-bond acceptors (Lipinski definition) is 6. The number of amides is 2. The largest absolute Gasteiger partial charge is 0.296 e. The molecule has 3 aromatic rings. The maximum absolute atomic E-state index is 13.1. The first-order chi connectivity index (χ1) is 16.9. The molecule has 0 aliphatic rings. The van der Waals surface area contributed by atoms with Crippen molar-refractivity contribution in [2.45, 2.75) is 0 Å². The molecule has 0 aliphatic heterocycles. The van der Waals surface area contributed by atoms with Crippen LogP contribution < -0.4 is 16.3 Å². The number of para-hydroxylation sites is 1. The van der Waals surface area contributed by atoms with Gasteiger partial charge in [-0.15, -0.1) is 0 Å². The van der Waals surface area contributed by atoms with E-state index in [0.29, 0.717) is 15.7 Å². The number of nitrogens with one attached hydrogen (secondary N) is 3. The lowest BCUT2D eigenvalue weighted by atomic mass is 10.2. The van der Waals surface area contributed by atoms with Crippen LogP contribution in [0.25, 0.3) is 0 Å². The Hall–Kier alpha value is -4.15. The number of hydrazine groups is 2. The molecule has 0 aromatic heterocycles. The van der Waals surface area contributed by atoms with Gasteiger partial charge in [-0.05, 0) is 12.1 Å². The Bertz CT molecular complexity index is 1150. The van der Waals surface area contributed by atoms with Gasteiger partial charge in [0.05, 0.1) is 5.69 Å². The van der Waals surface area contributed by atoms with Crippen molar-refractivity contribution in [2.75, 3.05) is 19.5 Å². The molecule has 3 N–H and O–H groups in total. The lowest BCUT2D eigenvalue weighted by Gasteiger charge is -2.23. The maximum Gasteiger partial charge on any atom is 0.296 e. The van der Waals surface area contributed by atoms with E-state index in [1.54, 1.807) is 38.4 Å². The standard InChI is InChI=1S/C25H24N6O2S2/c1-30(24(34)18-12-6-3-7-13-18)28-22(32)21(27-26-20-16-10-5-11-17-20)23(33)29-31(2)25(35)19-14-8-4-9-15-19/h3-17,26H,1-2H3,(H,28,32)(H,29,33). The van der Waals surface area contributed by atoms with Gasteiger partial charge in [0.15, 0.2) is 0 Å². The molecule has 0 spiro atoms. The van der Waals surface area contributed by atoms with Crippen LogP contribution in [0.1, 0.15) is 11.1 Å². The van der Waals surface area contributed by atoms with E-state index >= 15 is 0 Å². The molecule has 8 nitrogen and oxygen atoms in total. The Balaban J connectivity index is 1.77. The number of anilines is 1. The van der Waals surface area contributed by atoms with Crippen molar-refractivity contribution < 1.29 is 9.59 Å². The highest BCUT2D eigenvalue weighted by Gasteiger charge is 2.25. The third-order valence-corrected chi connectivity index (χ3v) is 5.71. The molecule has 35 heavy (non-hydrogen) atoms. The number of benzene rings is 3. The van der Waals surface area contributed by atoms with E-state index in [9.17, 15) is 9.59 Å². The smallest absolute Gasteiger partial charge is 0.278 e. The highest BCUT2D eigenvalue weighted by molar-refractivity contribution is 7.80. The van der Waals surface area contributed by atoms with Crippen molar-refractivity contribution in [2.24, 2.45) is 5.10 Å². The Labute approximate surface area is 214 Å². The summed E-state index contributed by atoms with van der Waals surface area (Å²) in [6.45, 7) is 0. The Morgan fingerprint density at radius 1 is 0.657 bits per heavy atom. The fraction of sp³-hybridized carbons (Fsp3) is 0.0800. The first kappa shape index (κ1) is 25.5. The molecule has 3 rings (SSSR count). The minimum atomic E-state index is -0.759. The second kappa shape index (κ2) is 12.4. The van der Waals surface area contributed by atoms with E-state index in [4.69, 9.17) is 24.4 Å². The number of carbonyl (C=O) groups is 2. The van der Waals surface area contributed by atoms with Gasteiger partial charge in [0, 0.05) is 25.2 Å². The lowest BCUT2D eigenvalue weighted by molar-refractivity contribution is -0.121. The molecule has 0 saturated carbocycles. The molecule has 0 aliphatic carbocycles. The van der Waals surface area contributed by atoms with Crippen molar-refractivity contribution in [1.29, 1.82) is 0 Å². The van der Waals surface area contributed by atoms with Crippen LogP contribution in [0.15, 0.2) is 96.1 Å². The summed E-state index contributed by atoms with van der Waals surface area (Å²) in [5.74, 6) is -1.52. The summed E-state index contributed by atoms with van der Waals surface area (Å²) < 4.78 is 0. The van der Waals surface area contributed by atoms with Crippen molar-refractivity contribution >= 4 is 57.6 Å². The summed E-state index contributed by atoms with van der Waals surface area (Å²) in [6.07, 6.45) is 0. The highest BCUT2D eigenvalue weighted by atomic mass is 32.1. The molecule has 0 atom stereocenters. The average Bonchev–Trinajstić information content (AvgIpc) is 2.89. The minimum Gasteiger partial charge on any atom is -0.278 e. The summed E-state index contributed by atoms with van der Waals surface area (Å²) in [6, 6.07) is 27.3. The monoisotopic (exact) mass is 504 g/mol. The van der Waals surface area contributed by atoms with Crippen LogP contribution in [-0.2, 0) is 9.59 Å². The molecular weight excluding hydrogens is 480 g/mol. The zero-order chi connectivity index (χ0) is 25.2. The normalized spacial score (nSPS) is 9.89. The second-order valence-electron chi connectivity index (χ2n) is 7.28. The second-order valence-corrected chi connectivity index (χ2v) is 8.05. The van der Waals surface area contributed by atoms with Crippen LogP contribution >= 0.6 is 24.4 Å². The van der Waals surface area contributed by atoms with Crippen LogP contribution in [0.3, 0.4) is 0 Å². The summed E-state index contributed by atoms with van der Waals surface area (Å²) in [5, 5.41) is 6.78. The van der Waals surface area contributed by atoms with Gasteiger partial charge in [-0.25, -0.2) is 0 Å². The van der Waals surface area contributed by atoms with Gasteiger partial charge in [0.25, 0.3) is 11.8 Å². The molecule has 178 valence electrons. The van der Waals surface area contributed by atoms with Gasteiger partial charge >= 0.3 is 0 Å². The number of carbonyl (C=O) groups excluding carboxylic acids is 2. The van der Waals surface area contributed by atoms with Crippen LogP contribution in [0.4, 0.5) is 5.69 Å². The predicted octanol–water partition coefficient (Wildman–Crippen LogP) is 3.13. The first-order valence-electron chi connectivity index (χ1n) is 10.5. The fourth-order valence-electron chi connectivity index (χ4n) is 2.90. The fourth-order valence-corrected chi connectivity index (χ4v) is 3.26. The van der Waals surface area contributed by atoms with E-state index in [0.717, 1.165) is 11.1 Å². The Kier molecular flexibility index (Phi) is 8.99. The van der Waals surface area contributed by atoms with Crippen LogP contribution in [-0.4, -0.2) is 51.6 Å². The molecule has 0 unspecified atom stereocenters. The zero-order valence-electron chi connectivity index (χ0n) is 19.1. The molecule has 0 heterocycles. The van der Waals surface area contributed by atoms with Gasteiger partial charge in [-0.2, -0.15) is 5.10 Å². The average molecular weight is 505 g/mol. The molecule has 0 fully saturated rings. The molecule has 2 amide bonds. The first-order valence-corrected chi connectivity index (χ1v) is 11.4. The number of hydrogen-bond donors (Lipinski definition) is 3. The van der Waals surface area contributed by atoms with E-state index < -0.39 is 17.5 Å². The topological polar surface area (TPSA) is 89.1 Å². The lowest BCUT2D eigenvalue weighted by Crippen LogP contribution is -2.53. The zero-order valence-corrected chi connectivity index (χ0v) is 20.8. The number of thiocarbonyl (C=S) groups is 2. The number of rotatable bonds is 6. The molecule has 0 bridgehead atoms. The summed E-state index contributed by atoms with van der Waals surface area (Å²) in [4.78, 5) is 26.9. The summed E-state index contributed by atoms with van der Waals surface area (Å²) in [5.41, 5.74) is 9.60. The SMILES string of the molecule is CN(NC(=O)C(=NNc1ccccc1)C(=O)NN(C)C(=S)c1ccccc1)C(=S)c1ccccc1. The minimum absolute atomic E-state index is 0.372. The van der Waals surface area contributed by atoms with Crippen molar-refractivity contribution in [3.8, 4) is 0 Å². The summed E-state index contributed by atoms with van der Waals surface area (Å²) in [7, 11) is 3.17. The van der Waals surface area contributed by atoms with E-state index in [-0.39, 0.29) is 0 Å². The van der Waals surface area contributed by atoms with Gasteiger partial charge in [-0.1, -0.05) is 103 Å². The Morgan fingerprint density at radius 3 is 1.43 bits per heavy atom. The molecule has 10 heteroatoms.